The Balaban J connectivity index is 1.51. The number of anilines is 1. The number of hydrogen-bond donors (Lipinski definition) is 1. The topological polar surface area (TPSA) is 55.4 Å². The molecule has 0 aromatic heterocycles. The summed E-state index contributed by atoms with van der Waals surface area (Å²) in [5.74, 6) is 1.39. The molecule has 1 N–H and O–H groups in total. The van der Waals surface area contributed by atoms with Crippen LogP contribution in [0.15, 0.2) is 89.8 Å². The highest BCUT2D eigenvalue weighted by Crippen LogP contribution is 2.26. The van der Waals surface area contributed by atoms with Crippen LogP contribution in [0.4, 0.5) is 5.69 Å². The van der Waals surface area contributed by atoms with Crippen molar-refractivity contribution in [1.29, 1.82) is 0 Å². The van der Waals surface area contributed by atoms with Crippen molar-refractivity contribution in [2.75, 3.05) is 4.72 Å². The van der Waals surface area contributed by atoms with E-state index in [1.54, 1.807) is 36.4 Å². The monoisotopic (exact) mass is 403 g/mol. The fourth-order valence-corrected chi connectivity index (χ4v) is 4.15. The summed E-state index contributed by atoms with van der Waals surface area (Å²) < 4.78 is 34.0. The van der Waals surface area contributed by atoms with Gasteiger partial charge in [-0.2, -0.15) is 0 Å². The molecule has 4 aromatic carbocycles. The molecule has 5 heteroatoms. The summed E-state index contributed by atoms with van der Waals surface area (Å²) in [5.41, 5.74) is 2.84. The van der Waals surface area contributed by atoms with Crippen molar-refractivity contribution in [3.8, 4) is 11.5 Å². The van der Waals surface area contributed by atoms with Gasteiger partial charge in [0, 0.05) is 5.69 Å². The Hall–Kier alpha value is -3.31. The zero-order valence-corrected chi connectivity index (χ0v) is 17.0. The molecule has 0 bridgehead atoms. The number of aryl methyl sites for hydroxylation is 2. The molecule has 0 aliphatic heterocycles. The van der Waals surface area contributed by atoms with Crippen LogP contribution >= 0.6 is 0 Å². The first-order valence-corrected chi connectivity index (χ1v) is 10.8. The Morgan fingerprint density at radius 3 is 2.10 bits per heavy atom. The molecule has 4 aromatic rings. The van der Waals surface area contributed by atoms with E-state index in [2.05, 4.69) is 11.6 Å². The maximum absolute atomic E-state index is 12.7. The number of sulfonamides is 1. The van der Waals surface area contributed by atoms with Crippen molar-refractivity contribution in [3.05, 3.63) is 96.1 Å². The van der Waals surface area contributed by atoms with Crippen molar-refractivity contribution in [2.24, 2.45) is 0 Å². The van der Waals surface area contributed by atoms with Crippen molar-refractivity contribution in [3.63, 3.8) is 0 Å². The lowest BCUT2D eigenvalue weighted by Crippen LogP contribution is -2.12. The van der Waals surface area contributed by atoms with Crippen LogP contribution in [0.5, 0.6) is 11.5 Å². The molecule has 146 valence electrons. The maximum atomic E-state index is 12.7. The number of benzene rings is 4. The van der Waals surface area contributed by atoms with Gasteiger partial charge in [0.2, 0.25) is 0 Å². The molecule has 0 radical (unpaired) electrons. The highest BCUT2D eigenvalue weighted by molar-refractivity contribution is 7.92. The molecular formula is C24H21NO3S. The largest absolute Gasteiger partial charge is 0.457 e. The van der Waals surface area contributed by atoms with Crippen molar-refractivity contribution < 1.29 is 13.2 Å². The van der Waals surface area contributed by atoms with Gasteiger partial charge in [0.1, 0.15) is 11.5 Å². The van der Waals surface area contributed by atoms with E-state index in [9.17, 15) is 8.42 Å². The number of nitrogens with one attached hydrogen (secondary N) is 1. The zero-order valence-electron chi connectivity index (χ0n) is 16.2. The first kappa shape index (κ1) is 19.0. The van der Waals surface area contributed by atoms with Crippen LogP contribution in [-0.4, -0.2) is 8.42 Å². The molecule has 0 aliphatic carbocycles. The van der Waals surface area contributed by atoms with Gasteiger partial charge in [-0.3, -0.25) is 4.72 Å². The molecule has 0 aliphatic rings. The second-order valence-electron chi connectivity index (χ2n) is 6.99. The van der Waals surface area contributed by atoms with Crippen LogP contribution in [0.2, 0.25) is 0 Å². The first-order chi connectivity index (χ1) is 13.9. The summed E-state index contributed by atoms with van der Waals surface area (Å²) in [5, 5.41) is 1.88. The average molecular weight is 404 g/mol. The van der Waals surface area contributed by atoms with Gasteiger partial charge < -0.3 is 4.74 Å². The maximum Gasteiger partial charge on any atom is 0.261 e. The minimum absolute atomic E-state index is 0.228. The Morgan fingerprint density at radius 2 is 1.38 bits per heavy atom. The smallest absolute Gasteiger partial charge is 0.261 e. The van der Waals surface area contributed by atoms with Crippen LogP contribution in [0.1, 0.15) is 11.1 Å². The second-order valence-corrected chi connectivity index (χ2v) is 8.67. The number of ether oxygens (including phenoxy) is 1. The van der Waals surface area contributed by atoms with Crippen molar-refractivity contribution >= 4 is 26.5 Å². The molecule has 4 nitrogen and oxygen atoms in total. The van der Waals surface area contributed by atoms with Crippen LogP contribution in [0.3, 0.4) is 0 Å². The summed E-state index contributed by atoms with van der Waals surface area (Å²) in [6.07, 6.45) is 0. The van der Waals surface area contributed by atoms with Gasteiger partial charge in [-0.1, -0.05) is 36.4 Å². The van der Waals surface area contributed by atoms with E-state index in [1.165, 1.54) is 5.56 Å². The fraction of sp³-hybridized carbons (Fsp3) is 0.0833. The molecule has 0 spiro atoms. The SMILES string of the molecule is Cc1ccc(Oc2ccc(NS(=O)(=O)c3ccc4ccccc4c3)cc2)cc1C. The Morgan fingerprint density at radius 1 is 0.690 bits per heavy atom. The minimum Gasteiger partial charge on any atom is -0.457 e. The van der Waals surface area contributed by atoms with E-state index >= 15 is 0 Å². The van der Waals surface area contributed by atoms with Crippen LogP contribution in [0.25, 0.3) is 10.8 Å². The highest BCUT2D eigenvalue weighted by Gasteiger charge is 2.14. The molecular weight excluding hydrogens is 382 g/mol. The van der Waals surface area contributed by atoms with E-state index in [1.807, 2.05) is 55.5 Å². The Labute approximate surface area is 170 Å². The van der Waals surface area contributed by atoms with E-state index in [-0.39, 0.29) is 4.90 Å². The van der Waals surface area contributed by atoms with Gasteiger partial charge in [-0.15, -0.1) is 0 Å². The van der Waals surface area contributed by atoms with Gasteiger partial charge >= 0.3 is 0 Å². The standard InChI is InChI=1S/C24H21NO3S/c1-17-7-11-23(15-18(17)2)28-22-12-9-21(10-13-22)25-29(26,27)24-14-8-19-5-3-4-6-20(19)16-24/h3-16,25H,1-2H3. The molecule has 0 saturated heterocycles. The van der Waals surface area contributed by atoms with E-state index < -0.39 is 10.0 Å². The fourth-order valence-electron chi connectivity index (χ4n) is 3.05. The van der Waals surface area contributed by atoms with Crippen LogP contribution in [-0.2, 0) is 10.0 Å². The Kier molecular flexibility index (Phi) is 4.99. The third kappa shape index (κ3) is 4.25. The molecule has 0 unspecified atom stereocenters. The molecule has 0 atom stereocenters. The first-order valence-electron chi connectivity index (χ1n) is 9.27. The molecule has 0 heterocycles. The summed E-state index contributed by atoms with van der Waals surface area (Å²) in [6.45, 7) is 4.09. The van der Waals surface area contributed by atoms with Crippen LogP contribution < -0.4 is 9.46 Å². The van der Waals surface area contributed by atoms with Crippen molar-refractivity contribution in [2.45, 2.75) is 18.7 Å². The molecule has 0 saturated carbocycles. The average Bonchev–Trinajstić information content (AvgIpc) is 2.71. The third-order valence-corrected chi connectivity index (χ3v) is 6.23. The minimum atomic E-state index is -3.68. The molecule has 0 fully saturated rings. The van der Waals surface area contributed by atoms with Gasteiger partial charge in [0.25, 0.3) is 10.0 Å². The molecule has 4 rings (SSSR count). The quantitative estimate of drug-likeness (QED) is 0.441. The summed E-state index contributed by atoms with van der Waals surface area (Å²) in [6, 6.07) is 25.5. The van der Waals surface area contributed by atoms with E-state index in [4.69, 9.17) is 4.74 Å². The predicted octanol–water partition coefficient (Wildman–Crippen LogP) is 6.05. The highest BCUT2D eigenvalue weighted by atomic mass is 32.2. The zero-order chi connectivity index (χ0) is 20.4. The normalized spacial score (nSPS) is 11.4. The van der Waals surface area contributed by atoms with Gasteiger partial charge in [-0.05, 0) is 84.3 Å². The molecule has 29 heavy (non-hydrogen) atoms. The molecule has 0 amide bonds. The lowest BCUT2D eigenvalue weighted by atomic mass is 10.1. The lowest BCUT2D eigenvalue weighted by molar-refractivity contribution is 0.482. The number of rotatable bonds is 5. The second kappa shape index (κ2) is 7.60. The summed E-state index contributed by atoms with van der Waals surface area (Å²) in [4.78, 5) is 0.228. The number of fused-ring (bicyclic) bond motifs is 1. The summed E-state index contributed by atoms with van der Waals surface area (Å²) >= 11 is 0. The van der Waals surface area contributed by atoms with E-state index in [0.29, 0.717) is 11.4 Å². The van der Waals surface area contributed by atoms with Gasteiger partial charge in [-0.25, -0.2) is 8.42 Å². The van der Waals surface area contributed by atoms with Gasteiger partial charge in [0.05, 0.1) is 4.90 Å². The summed E-state index contributed by atoms with van der Waals surface area (Å²) in [7, 11) is -3.68. The third-order valence-electron chi connectivity index (χ3n) is 4.85. The lowest BCUT2D eigenvalue weighted by Gasteiger charge is -2.11. The van der Waals surface area contributed by atoms with Gasteiger partial charge in [0.15, 0.2) is 0 Å². The van der Waals surface area contributed by atoms with E-state index in [0.717, 1.165) is 22.1 Å². The Bertz CT molecular complexity index is 1280. The number of hydrogen-bond acceptors (Lipinski definition) is 3. The van der Waals surface area contributed by atoms with Crippen molar-refractivity contribution in [1.82, 2.24) is 0 Å². The van der Waals surface area contributed by atoms with Crippen LogP contribution in [0, 0.1) is 13.8 Å². The predicted molar refractivity (Wildman–Crippen MR) is 117 cm³/mol.